The van der Waals surface area contributed by atoms with Crippen molar-refractivity contribution in [2.45, 2.75) is 25.5 Å². The summed E-state index contributed by atoms with van der Waals surface area (Å²) in [5.74, 6) is -2.14. The third-order valence-electron chi connectivity index (χ3n) is 3.22. The molecule has 5 heteroatoms. The molecule has 2 aromatic carbocycles. The molecule has 2 rings (SSSR count). The van der Waals surface area contributed by atoms with Gasteiger partial charge in [-0.05, 0) is 24.6 Å². The fourth-order valence-corrected chi connectivity index (χ4v) is 2.01. The van der Waals surface area contributed by atoms with Gasteiger partial charge in [-0.3, -0.25) is 0 Å². The van der Waals surface area contributed by atoms with Crippen LogP contribution in [0.1, 0.15) is 25.0 Å². The molecule has 0 saturated carbocycles. The summed E-state index contributed by atoms with van der Waals surface area (Å²) < 4.78 is 46.3. The van der Waals surface area contributed by atoms with Crippen LogP contribution in [0.2, 0.25) is 0 Å². The number of nitrogens with two attached hydrogens (primary N) is 1. The Bertz CT molecular complexity index is 618. The van der Waals surface area contributed by atoms with Gasteiger partial charge in [0.15, 0.2) is 11.6 Å². The lowest BCUT2D eigenvalue weighted by Gasteiger charge is -2.25. The number of halogens is 3. The van der Waals surface area contributed by atoms with Gasteiger partial charge in [-0.15, -0.1) is 0 Å². The van der Waals surface area contributed by atoms with Crippen molar-refractivity contribution in [1.29, 1.82) is 0 Å². The number of rotatable bonds is 5. The Morgan fingerprint density at radius 1 is 1.05 bits per heavy atom. The Balaban J connectivity index is 2.38. The molecule has 0 heterocycles. The van der Waals surface area contributed by atoms with Crippen LogP contribution in [0, 0.1) is 17.5 Å². The van der Waals surface area contributed by atoms with Crippen LogP contribution < -0.4 is 10.5 Å². The van der Waals surface area contributed by atoms with Gasteiger partial charge in [0.05, 0.1) is 0 Å². The molecule has 0 aliphatic carbocycles. The molecule has 2 unspecified atom stereocenters. The minimum Gasteiger partial charge on any atom is -0.481 e. The number of ether oxygens (including phenoxy) is 1. The van der Waals surface area contributed by atoms with Crippen LogP contribution in [0.5, 0.6) is 5.75 Å². The maximum atomic E-state index is 13.9. The Morgan fingerprint density at radius 2 is 1.76 bits per heavy atom. The molecular formula is C16H16F3NO. The summed E-state index contributed by atoms with van der Waals surface area (Å²) in [6.45, 7) is 1.81. The molecule has 112 valence electrons. The van der Waals surface area contributed by atoms with Gasteiger partial charge in [0.2, 0.25) is 0 Å². The van der Waals surface area contributed by atoms with Gasteiger partial charge in [0.1, 0.15) is 17.7 Å². The zero-order valence-electron chi connectivity index (χ0n) is 11.5. The van der Waals surface area contributed by atoms with Gasteiger partial charge in [0, 0.05) is 17.7 Å². The van der Waals surface area contributed by atoms with Gasteiger partial charge in [0.25, 0.3) is 0 Å². The van der Waals surface area contributed by atoms with E-state index < -0.39 is 29.6 Å². The first kappa shape index (κ1) is 15.4. The molecule has 0 aliphatic heterocycles. The SMILES string of the molecule is CCC(N)C(Oc1cc(F)ccc1F)c1ccccc1F. The van der Waals surface area contributed by atoms with Gasteiger partial charge >= 0.3 is 0 Å². The lowest BCUT2D eigenvalue weighted by atomic mass is 10.00. The van der Waals surface area contributed by atoms with Crippen LogP contribution in [-0.4, -0.2) is 6.04 Å². The molecule has 0 saturated heterocycles. The van der Waals surface area contributed by atoms with Crippen LogP contribution in [0.15, 0.2) is 42.5 Å². The largest absolute Gasteiger partial charge is 0.481 e. The molecule has 0 fully saturated rings. The molecule has 0 aromatic heterocycles. The van der Waals surface area contributed by atoms with Crippen molar-refractivity contribution >= 4 is 0 Å². The monoisotopic (exact) mass is 295 g/mol. The first-order valence-electron chi connectivity index (χ1n) is 6.64. The molecule has 21 heavy (non-hydrogen) atoms. The number of hydrogen-bond acceptors (Lipinski definition) is 2. The maximum Gasteiger partial charge on any atom is 0.165 e. The third kappa shape index (κ3) is 3.55. The van der Waals surface area contributed by atoms with E-state index in [0.29, 0.717) is 6.42 Å². The molecule has 0 radical (unpaired) electrons. The predicted octanol–water partition coefficient (Wildman–Crippen LogP) is 3.96. The standard InChI is InChI=1S/C16H16F3NO/c1-2-14(20)16(11-5-3-4-6-12(11)18)21-15-9-10(17)7-8-13(15)19/h3-9,14,16H,2,20H2,1H3. The summed E-state index contributed by atoms with van der Waals surface area (Å²) >= 11 is 0. The summed E-state index contributed by atoms with van der Waals surface area (Å²) in [5.41, 5.74) is 6.16. The van der Waals surface area contributed by atoms with Crippen LogP contribution in [0.4, 0.5) is 13.2 Å². The minimum atomic E-state index is -0.896. The Morgan fingerprint density at radius 3 is 2.43 bits per heavy atom. The molecule has 0 amide bonds. The van der Waals surface area contributed by atoms with Crippen LogP contribution >= 0.6 is 0 Å². The first-order chi connectivity index (χ1) is 10.0. The van der Waals surface area contributed by atoms with Gasteiger partial charge < -0.3 is 10.5 Å². The fraction of sp³-hybridized carbons (Fsp3) is 0.250. The quantitative estimate of drug-likeness (QED) is 0.906. The lowest BCUT2D eigenvalue weighted by molar-refractivity contribution is 0.159. The molecule has 2 N–H and O–H groups in total. The van der Waals surface area contributed by atoms with Crippen molar-refractivity contribution < 1.29 is 17.9 Å². The second-order valence-electron chi connectivity index (χ2n) is 4.71. The Hall–Kier alpha value is -2.01. The van der Waals surface area contributed by atoms with Crippen molar-refractivity contribution in [2.75, 3.05) is 0 Å². The van der Waals surface area contributed by atoms with E-state index in [1.165, 1.54) is 18.2 Å². The highest BCUT2D eigenvalue weighted by Gasteiger charge is 2.24. The van der Waals surface area contributed by atoms with Gasteiger partial charge in [-0.1, -0.05) is 25.1 Å². The van der Waals surface area contributed by atoms with Crippen molar-refractivity contribution in [1.82, 2.24) is 0 Å². The van der Waals surface area contributed by atoms with Gasteiger partial charge in [-0.25, -0.2) is 13.2 Å². The number of hydrogen-bond donors (Lipinski definition) is 1. The summed E-state index contributed by atoms with van der Waals surface area (Å²) in [6.07, 6.45) is -0.400. The van der Waals surface area contributed by atoms with E-state index in [1.54, 1.807) is 6.07 Å². The molecular weight excluding hydrogens is 279 g/mol. The number of benzene rings is 2. The van der Waals surface area contributed by atoms with E-state index in [1.807, 2.05) is 6.92 Å². The van der Waals surface area contributed by atoms with E-state index in [4.69, 9.17) is 10.5 Å². The van der Waals surface area contributed by atoms with Crippen molar-refractivity contribution in [2.24, 2.45) is 5.73 Å². The average Bonchev–Trinajstić information content (AvgIpc) is 2.48. The second-order valence-corrected chi connectivity index (χ2v) is 4.71. The maximum absolute atomic E-state index is 13.9. The molecule has 0 spiro atoms. The third-order valence-corrected chi connectivity index (χ3v) is 3.22. The van der Waals surface area contributed by atoms with Gasteiger partial charge in [-0.2, -0.15) is 0 Å². The van der Waals surface area contributed by atoms with Crippen LogP contribution in [0.25, 0.3) is 0 Å². The molecule has 0 bridgehead atoms. The van der Waals surface area contributed by atoms with E-state index in [2.05, 4.69) is 0 Å². The van der Waals surface area contributed by atoms with Crippen LogP contribution in [-0.2, 0) is 0 Å². The average molecular weight is 295 g/mol. The summed E-state index contributed by atoms with van der Waals surface area (Å²) in [5, 5.41) is 0. The highest BCUT2D eigenvalue weighted by molar-refractivity contribution is 5.28. The molecule has 2 aromatic rings. The van der Waals surface area contributed by atoms with Crippen molar-refractivity contribution in [3.05, 3.63) is 65.5 Å². The Kier molecular flexibility index (Phi) is 4.85. The summed E-state index contributed by atoms with van der Waals surface area (Å²) in [4.78, 5) is 0. The predicted molar refractivity (Wildman–Crippen MR) is 74.4 cm³/mol. The molecule has 2 atom stereocenters. The Labute approximate surface area is 121 Å². The molecule has 2 nitrogen and oxygen atoms in total. The summed E-state index contributed by atoms with van der Waals surface area (Å²) in [7, 11) is 0. The molecule has 0 aliphatic rings. The fourth-order valence-electron chi connectivity index (χ4n) is 2.01. The van der Waals surface area contributed by atoms with E-state index in [9.17, 15) is 13.2 Å². The smallest absolute Gasteiger partial charge is 0.165 e. The van der Waals surface area contributed by atoms with E-state index in [0.717, 1.165) is 18.2 Å². The normalized spacial score (nSPS) is 13.8. The topological polar surface area (TPSA) is 35.2 Å². The van der Waals surface area contributed by atoms with Crippen LogP contribution in [0.3, 0.4) is 0 Å². The van der Waals surface area contributed by atoms with E-state index >= 15 is 0 Å². The summed E-state index contributed by atoms with van der Waals surface area (Å²) in [6, 6.07) is 8.29. The highest BCUT2D eigenvalue weighted by Crippen LogP contribution is 2.29. The highest BCUT2D eigenvalue weighted by atomic mass is 19.1. The lowest BCUT2D eigenvalue weighted by Crippen LogP contribution is -2.32. The minimum absolute atomic E-state index is 0.218. The van der Waals surface area contributed by atoms with Crippen molar-refractivity contribution in [3.63, 3.8) is 0 Å². The first-order valence-corrected chi connectivity index (χ1v) is 6.64. The second kappa shape index (κ2) is 6.63. The zero-order valence-corrected chi connectivity index (χ0v) is 11.5. The zero-order chi connectivity index (χ0) is 15.4. The van der Waals surface area contributed by atoms with E-state index in [-0.39, 0.29) is 11.3 Å². The van der Waals surface area contributed by atoms with Crippen molar-refractivity contribution in [3.8, 4) is 5.75 Å².